The van der Waals surface area contributed by atoms with Gasteiger partial charge in [-0.15, -0.1) is 0 Å². The number of nitrogens with one attached hydrogen (secondary N) is 1. The van der Waals surface area contributed by atoms with Crippen LogP contribution in [0.25, 0.3) is 0 Å². The lowest BCUT2D eigenvalue weighted by atomic mass is 9.78. The predicted octanol–water partition coefficient (Wildman–Crippen LogP) is 3.47. The van der Waals surface area contributed by atoms with Crippen LogP contribution in [0.5, 0.6) is 11.5 Å². The van der Waals surface area contributed by atoms with E-state index in [-0.39, 0.29) is 17.1 Å². The number of ether oxygens (including phenoxy) is 2. The summed E-state index contributed by atoms with van der Waals surface area (Å²) in [5.74, 6) is 1.96. The first-order chi connectivity index (χ1) is 13.1. The molecule has 0 spiro atoms. The van der Waals surface area contributed by atoms with Crippen LogP contribution >= 0.6 is 0 Å². The maximum Gasteiger partial charge on any atom is 0.254 e. The standard InChI is InChI=1S/C21H22N2O4/c1-14-17(11-16(12-22)27-14)20(24)23-13-21(6-2-3-7-21)15-4-5-18-19(10-15)26-9-8-25-18/h4-5,10-11H,2-3,6-9,13H2,1H3,(H,23,24). The Morgan fingerprint density at radius 2 is 1.93 bits per heavy atom. The molecular weight excluding hydrogens is 344 g/mol. The number of rotatable bonds is 4. The summed E-state index contributed by atoms with van der Waals surface area (Å²) in [6.07, 6.45) is 4.29. The first kappa shape index (κ1) is 17.5. The van der Waals surface area contributed by atoms with Gasteiger partial charge in [0.1, 0.15) is 25.0 Å². The highest BCUT2D eigenvalue weighted by atomic mass is 16.6. The van der Waals surface area contributed by atoms with Crippen molar-refractivity contribution < 1.29 is 18.7 Å². The Labute approximate surface area is 158 Å². The van der Waals surface area contributed by atoms with Crippen LogP contribution in [-0.2, 0) is 5.41 Å². The van der Waals surface area contributed by atoms with Gasteiger partial charge in [-0.2, -0.15) is 5.26 Å². The van der Waals surface area contributed by atoms with Crippen LogP contribution in [0.2, 0.25) is 0 Å². The lowest BCUT2D eigenvalue weighted by Crippen LogP contribution is -2.39. The minimum absolute atomic E-state index is 0.110. The van der Waals surface area contributed by atoms with Gasteiger partial charge in [-0.25, -0.2) is 0 Å². The lowest BCUT2D eigenvalue weighted by Gasteiger charge is -2.31. The number of carbonyl (C=O) groups excluding carboxylic acids is 1. The van der Waals surface area contributed by atoms with Gasteiger partial charge < -0.3 is 19.2 Å². The summed E-state index contributed by atoms with van der Waals surface area (Å²) >= 11 is 0. The number of furan rings is 1. The zero-order valence-electron chi connectivity index (χ0n) is 15.3. The average molecular weight is 366 g/mol. The zero-order chi connectivity index (χ0) is 18.9. The van der Waals surface area contributed by atoms with Crippen LogP contribution in [0.1, 0.15) is 53.1 Å². The van der Waals surface area contributed by atoms with Crippen LogP contribution in [-0.4, -0.2) is 25.7 Å². The predicted molar refractivity (Wildman–Crippen MR) is 98.1 cm³/mol. The molecule has 1 saturated carbocycles. The number of carbonyl (C=O) groups is 1. The Balaban J connectivity index is 1.55. The summed E-state index contributed by atoms with van der Waals surface area (Å²) in [4.78, 5) is 12.6. The SMILES string of the molecule is Cc1oc(C#N)cc1C(=O)NCC1(c2ccc3c(c2)OCCO3)CCCC1. The minimum Gasteiger partial charge on any atom is -0.486 e. The van der Waals surface area contributed by atoms with Crippen LogP contribution in [0, 0.1) is 18.3 Å². The van der Waals surface area contributed by atoms with Gasteiger partial charge in [-0.1, -0.05) is 18.9 Å². The van der Waals surface area contributed by atoms with Gasteiger partial charge in [-0.05, 0) is 37.5 Å². The molecule has 2 heterocycles. The van der Waals surface area contributed by atoms with Crippen molar-refractivity contribution in [2.45, 2.75) is 38.0 Å². The number of hydrogen-bond donors (Lipinski definition) is 1. The first-order valence-electron chi connectivity index (χ1n) is 9.30. The molecule has 140 valence electrons. The molecule has 4 rings (SSSR count). The van der Waals surface area contributed by atoms with E-state index in [1.165, 1.54) is 11.6 Å². The highest BCUT2D eigenvalue weighted by Crippen LogP contribution is 2.43. The summed E-state index contributed by atoms with van der Waals surface area (Å²) < 4.78 is 16.6. The Hall–Kier alpha value is -2.94. The average Bonchev–Trinajstić information content (AvgIpc) is 3.33. The molecule has 0 unspecified atom stereocenters. The van der Waals surface area contributed by atoms with E-state index in [1.807, 2.05) is 12.1 Å². The molecule has 27 heavy (non-hydrogen) atoms. The molecule has 1 fully saturated rings. The molecule has 1 N–H and O–H groups in total. The van der Waals surface area contributed by atoms with Gasteiger partial charge in [0.25, 0.3) is 5.91 Å². The van der Waals surface area contributed by atoms with E-state index in [0.29, 0.717) is 31.1 Å². The summed E-state index contributed by atoms with van der Waals surface area (Å²) in [6.45, 7) is 3.36. The van der Waals surface area contributed by atoms with Crippen LogP contribution in [0.15, 0.2) is 28.7 Å². The van der Waals surface area contributed by atoms with Gasteiger partial charge in [0.15, 0.2) is 11.5 Å². The molecule has 6 heteroatoms. The second kappa shape index (κ2) is 6.99. The Kier molecular flexibility index (Phi) is 4.53. The van der Waals surface area contributed by atoms with Gasteiger partial charge >= 0.3 is 0 Å². The van der Waals surface area contributed by atoms with E-state index in [2.05, 4.69) is 17.4 Å². The Morgan fingerprint density at radius 3 is 2.63 bits per heavy atom. The van der Waals surface area contributed by atoms with Crippen molar-refractivity contribution in [3.05, 3.63) is 46.9 Å². The molecule has 1 aromatic heterocycles. The quantitative estimate of drug-likeness (QED) is 0.896. The molecular formula is C21H22N2O4. The number of benzene rings is 1. The summed E-state index contributed by atoms with van der Waals surface area (Å²) in [5, 5.41) is 12.0. The molecule has 2 aromatic rings. The normalized spacial score (nSPS) is 17.3. The van der Waals surface area contributed by atoms with E-state index in [9.17, 15) is 4.79 Å². The lowest BCUT2D eigenvalue weighted by molar-refractivity contribution is 0.0941. The van der Waals surface area contributed by atoms with Crippen molar-refractivity contribution in [1.82, 2.24) is 5.32 Å². The maximum absolute atomic E-state index is 12.6. The van der Waals surface area contributed by atoms with Crippen LogP contribution in [0.3, 0.4) is 0 Å². The molecule has 1 aliphatic heterocycles. The fraction of sp³-hybridized carbons (Fsp3) is 0.429. The van der Waals surface area contributed by atoms with Gasteiger partial charge in [0.2, 0.25) is 5.76 Å². The van der Waals surface area contributed by atoms with Crippen molar-refractivity contribution in [2.75, 3.05) is 19.8 Å². The topological polar surface area (TPSA) is 84.5 Å². The van der Waals surface area contributed by atoms with E-state index in [0.717, 1.165) is 37.2 Å². The molecule has 0 radical (unpaired) electrons. The first-order valence-corrected chi connectivity index (χ1v) is 9.30. The van der Waals surface area contributed by atoms with Crippen LogP contribution in [0.4, 0.5) is 0 Å². The van der Waals surface area contributed by atoms with Crippen molar-refractivity contribution >= 4 is 5.91 Å². The number of fused-ring (bicyclic) bond motifs is 1. The summed E-state index contributed by atoms with van der Waals surface area (Å²) in [6, 6.07) is 9.53. The highest BCUT2D eigenvalue weighted by Gasteiger charge is 2.37. The number of nitriles is 1. The molecule has 1 aliphatic carbocycles. The maximum atomic E-state index is 12.6. The number of hydrogen-bond acceptors (Lipinski definition) is 5. The van der Waals surface area contributed by atoms with Gasteiger partial charge in [-0.3, -0.25) is 4.79 Å². The van der Waals surface area contributed by atoms with Crippen molar-refractivity contribution in [3.63, 3.8) is 0 Å². The molecule has 6 nitrogen and oxygen atoms in total. The number of aryl methyl sites for hydroxylation is 1. The largest absolute Gasteiger partial charge is 0.486 e. The minimum atomic E-state index is -0.207. The summed E-state index contributed by atoms with van der Waals surface area (Å²) in [5.41, 5.74) is 1.48. The zero-order valence-corrected chi connectivity index (χ0v) is 15.3. The molecule has 1 amide bonds. The van der Waals surface area contributed by atoms with E-state index in [4.69, 9.17) is 19.2 Å². The Morgan fingerprint density at radius 1 is 1.19 bits per heavy atom. The van der Waals surface area contributed by atoms with Crippen molar-refractivity contribution in [1.29, 1.82) is 5.26 Å². The second-order valence-corrected chi connectivity index (χ2v) is 7.22. The van der Waals surface area contributed by atoms with Crippen molar-refractivity contribution in [3.8, 4) is 17.6 Å². The van der Waals surface area contributed by atoms with E-state index in [1.54, 1.807) is 6.92 Å². The molecule has 0 saturated heterocycles. The van der Waals surface area contributed by atoms with Crippen LogP contribution < -0.4 is 14.8 Å². The number of nitrogens with zero attached hydrogens (tertiary/aromatic N) is 1. The fourth-order valence-electron chi connectivity index (χ4n) is 4.10. The third kappa shape index (κ3) is 3.25. The fourth-order valence-corrected chi connectivity index (χ4v) is 4.10. The smallest absolute Gasteiger partial charge is 0.254 e. The molecule has 0 bridgehead atoms. The Bertz CT molecular complexity index is 903. The molecule has 0 atom stereocenters. The monoisotopic (exact) mass is 366 g/mol. The highest BCUT2D eigenvalue weighted by molar-refractivity contribution is 5.95. The van der Waals surface area contributed by atoms with Crippen molar-refractivity contribution in [2.24, 2.45) is 0 Å². The molecule has 1 aromatic carbocycles. The van der Waals surface area contributed by atoms with E-state index < -0.39 is 0 Å². The number of amides is 1. The molecule has 2 aliphatic rings. The third-order valence-corrected chi connectivity index (χ3v) is 5.58. The third-order valence-electron chi connectivity index (χ3n) is 5.58. The van der Waals surface area contributed by atoms with Gasteiger partial charge in [0, 0.05) is 18.0 Å². The summed E-state index contributed by atoms with van der Waals surface area (Å²) in [7, 11) is 0. The van der Waals surface area contributed by atoms with Gasteiger partial charge in [0.05, 0.1) is 5.56 Å². The second-order valence-electron chi connectivity index (χ2n) is 7.22. The van der Waals surface area contributed by atoms with E-state index >= 15 is 0 Å².